The fourth-order valence-corrected chi connectivity index (χ4v) is 2.02. The van der Waals surface area contributed by atoms with E-state index in [-0.39, 0.29) is 16.7 Å². The van der Waals surface area contributed by atoms with Crippen molar-refractivity contribution < 1.29 is 33.1 Å². The number of ether oxygens (including phenoxy) is 1. The van der Waals surface area contributed by atoms with Crippen LogP contribution >= 0.6 is 0 Å². The van der Waals surface area contributed by atoms with Crippen molar-refractivity contribution in [2.45, 2.75) is 13.3 Å². The van der Waals surface area contributed by atoms with Crippen LogP contribution in [0.2, 0.25) is 0 Å². The second-order valence-electron chi connectivity index (χ2n) is 4.44. The first-order valence-electron chi connectivity index (χ1n) is 6.38. The molecule has 0 amide bonds. The lowest BCUT2D eigenvalue weighted by atomic mass is 9.96. The van der Waals surface area contributed by atoms with E-state index in [1.54, 1.807) is 19.1 Å². The summed E-state index contributed by atoms with van der Waals surface area (Å²) in [5.41, 5.74) is 1.97. The molecule has 2 rings (SSSR count). The third-order valence-electron chi connectivity index (χ3n) is 2.96. The maximum Gasteiger partial charge on any atom is 0.573 e. The molecule has 0 saturated heterocycles. The molecule has 0 saturated carbocycles. The molecule has 0 atom stereocenters. The summed E-state index contributed by atoms with van der Waals surface area (Å²) in [7, 11) is 0. The molecule has 0 aliphatic heterocycles. The van der Waals surface area contributed by atoms with Crippen LogP contribution in [-0.4, -0.2) is 17.4 Å². The van der Waals surface area contributed by atoms with Crippen LogP contribution in [0.4, 0.5) is 13.2 Å². The Kier molecular flexibility index (Phi) is 6.28. The molecule has 0 aliphatic carbocycles. The molecule has 9 heteroatoms. The summed E-state index contributed by atoms with van der Waals surface area (Å²) < 4.78 is 40.0. The molecule has 24 heavy (non-hydrogen) atoms. The highest BCUT2D eigenvalue weighted by molar-refractivity contribution is 5.92. The number of alkyl halides is 3. The standard InChI is InChI=1S/C15H11F3O3.HNO2/c1-9-12(3-2-4-13(9)14(19)20)10-5-7-11(8-6-10)21-15(16,17)18;2-1-3/h2-8H,1H3,(H,19,20);1H. The number of halogens is 3. The Morgan fingerprint density at radius 1 is 1.17 bits per heavy atom. The third-order valence-corrected chi connectivity index (χ3v) is 2.96. The van der Waals surface area contributed by atoms with Crippen LogP contribution in [0.3, 0.4) is 0 Å². The summed E-state index contributed by atoms with van der Waals surface area (Å²) >= 11 is 0. The lowest BCUT2D eigenvalue weighted by molar-refractivity contribution is -0.398. The second-order valence-corrected chi connectivity index (χ2v) is 4.44. The first-order chi connectivity index (χ1) is 11.2. The maximum atomic E-state index is 12.1. The number of hydrogen-bond acceptors (Lipinski definition) is 4. The predicted octanol–water partition coefficient (Wildman–Crippen LogP) is 2.59. The van der Waals surface area contributed by atoms with Gasteiger partial charge in [0.2, 0.25) is 0 Å². The lowest BCUT2D eigenvalue weighted by Gasteiger charge is -2.11. The van der Waals surface area contributed by atoms with Crippen molar-refractivity contribution in [2.75, 3.05) is 0 Å². The molecule has 2 aromatic carbocycles. The normalized spacial score (nSPS) is 10.3. The van der Waals surface area contributed by atoms with Gasteiger partial charge in [-0.15, -0.1) is 13.2 Å². The molecule has 2 aromatic rings. The topological polar surface area (TPSA) is 101 Å². The first kappa shape index (κ1) is 18.9. The van der Waals surface area contributed by atoms with Crippen molar-refractivity contribution in [3.8, 4) is 16.9 Å². The van der Waals surface area contributed by atoms with Gasteiger partial charge >= 0.3 is 12.3 Å². The van der Waals surface area contributed by atoms with E-state index in [0.717, 1.165) is 0 Å². The number of nitrogens with one attached hydrogen (secondary N) is 1. The zero-order chi connectivity index (χ0) is 18.3. The minimum atomic E-state index is -4.74. The van der Waals surface area contributed by atoms with Crippen LogP contribution in [-0.2, 0) is 0 Å². The quantitative estimate of drug-likeness (QED) is 0.659. The van der Waals surface area contributed by atoms with Crippen molar-refractivity contribution in [3.63, 3.8) is 0 Å². The largest absolute Gasteiger partial charge is 0.573 e. The summed E-state index contributed by atoms with van der Waals surface area (Å²) in [6, 6.07) is 10.1. The Bertz CT molecular complexity index is 714. The molecule has 0 spiro atoms. The van der Waals surface area contributed by atoms with Gasteiger partial charge in [-0.05, 0) is 41.8 Å². The van der Waals surface area contributed by atoms with Gasteiger partial charge in [0.15, 0.2) is 0 Å². The summed E-state index contributed by atoms with van der Waals surface area (Å²) in [4.78, 5) is 19.2. The van der Waals surface area contributed by atoms with E-state index < -0.39 is 12.3 Å². The SMILES string of the molecule is Cc1c(C(=O)O)cccc1-c1ccc(OC(F)(F)F)cc1.O=[NH+][O-]. The fraction of sp³-hybridized carbons (Fsp3) is 0.133. The molecule has 128 valence electrons. The number of rotatable bonds is 3. The number of carboxylic acid groups (broad SMARTS) is 1. The average molecular weight is 343 g/mol. The minimum absolute atomic E-state index is 0.156. The van der Waals surface area contributed by atoms with E-state index in [1.807, 2.05) is 0 Å². The van der Waals surface area contributed by atoms with Crippen molar-refractivity contribution in [3.05, 3.63) is 63.7 Å². The molecule has 0 fully saturated rings. The van der Waals surface area contributed by atoms with Crippen molar-refractivity contribution in [1.82, 2.24) is 0 Å². The van der Waals surface area contributed by atoms with Gasteiger partial charge in [0.25, 0.3) is 0 Å². The van der Waals surface area contributed by atoms with E-state index in [9.17, 15) is 18.0 Å². The highest BCUT2D eigenvalue weighted by Gasteiger charge is 2.30. The summed E-state index contributed by atoms with van der Waals surface area (Å²) in [6.45, 7) is 1.65. The van der Waals surface area contributed by atoms with E-state index >= 15 is 0 Å². The minimum Gasteiger partial charge on any atom is -0.478 e. The van der Waals surface area contributed by atoms with Crippen molar-refractivity contribution in [1.29, 1.82) is 0 Å². The van der Waals surface area contributed by atoms with Crippen LogP contribution in [0.25, 0.3) is 11.1 Å². The first-order valence-corrected chi connectivity index (χ1v) is 6.38. The number of benzene rings is 2. The number of carbonyl (C=O) groups is 1. The zero-order valence-corrected chi connectivity index (χ0v) is 12.3. The molecule has 6 nitrogen and oxygen atoms in total. The van der Waals surface area contributed by atoms with Gasteiger partial charge < -0.3 is 9.84 Å². The van der Waals surface area contributed by atoms with E-state index in [4.69, 9.17) is 15.2 Å². The number of hydrogen-bond donors (Lipinski definition) is 2. The zero-order valence-electron chi connectivity index (χ0n) is 12.3. The second kappa shape index (κ2) is 7.95. The smallest absolute Gasteiger partial charge is 0.478 e. The molecule has 0 heterocycles. The molecule has 0 bridgehead atoms. The van der Waals surface area contributed by atoms with Crippen LogP contribution in [0.5, 0.6) is 5.75 Å². The molecule has 0 aromatic heterocycles. The van der Waals surface area contributed by atoms with E-state index in [2.05, 4.69) is 4.74 Å². The fourth-order valence-electron chi connectivity index (χ4n) is 2.02. The van der Waals surface area contributed by atoms with E-state index in [1.165, 1.54) is 30.3 Å². The Morgan fingerprint density at radius 3 is 2.17 bits per heavy atom. The Balaban J connectivity index is 0.000000891. The molecular weight excluding hydrogens is 331 g/mol. The van der Waals surface area contributed by atoms with Gasteiger partial charge in [-0.2, -0.15) is 0 Å². The highest BCUT2D eigenvalue weighted by Crippen LogP contribution is 2.29. The van der Waals surface area contributed by atoms with Gasteiger partial charge in [-0.1, -0.05) is 24.3 Å². The maximum absolute atomic E-state index is 12.1. The summed E-state index contributed by atoms with van der Waals surface area (Å²) in [6.07, 6.45) is -4.74. The van der Waals surface area contributed by atoms with Gasteiger partial charge in [0.05, 0.1) is 5.56 Å². The van der Waals surface area contributed by atoms with Gasteiger partial charge in [0, 0.05) is 5.34 Å². The average Bonchev–Trinajstić information content (AvgIpc) is 2.47. The van der Waals surface area contributed by atoms with Crippen LogP contribution in [0.15, 0.2) is 42.5 Å². The van der Waals surface area contributed by atoms with E-state index in [0.29, 0.717) is 16.7 Å². The number of carboxylic acids is 1. The molecule has 0 aliphatic rings. The molecule has 0 radical (unpaired) electrons. The highest BCUT2D eigenvalue weighted by atomic mass is 19.4. The predicted molar refractivity (Wildman–Crippen MR) is 78.0 cm³/mol. The van der Waals surface area contributed by atoms with Gasteiger partial charge in [-0.3, -0.25) is 10.1 Å². The van der Waals surface area contributed by atoms with Crippen molar-refractivity contribution in [2.24, 2.45) is 0 Å². The molecule has 2 N–H and O–H groups in total. The van der Waals surface area contributed by atoms with Crippen LogP contribution < -0.4 is 10.1 Å². The van der Waals surface area contributed by atoms with Crippen LogP contribution in [0, 0.1) is 17.0 Å². The molecular formula is C15H12F3NO5. The molecule has 0 unspecified atom stereocenters. The summed E-state index contributed by atoms with van der Waals surface area (Å²) in [5.74, 6) is -1.37. The van der Waals surface area contributed by atoms with Gasteiger partial charge in [-0.25, -0.2) is 4.79 Å². The Labute approximate surface area is 134 Å². The van der Waals surface area contributed by atoms with Gasteiger partial charge in [0.1, 0.15) is 5.75 Å². The monoisotopic (exact) mass is 343 g/mol. The lowest BCUT2D eigenvalue weighted by Crippen LogP contribution is -2.53. The Hall–Kier alpha value is -3.10. The Morgan fingerprint density at radius 2 is 1.71 bits per heavy atom. The number of aromatic carboxylic acids is 1. The third kappa shape index (κ3) is 5.27. The van der Waals surface area contributed by atoms with Crippen molar-refractivity contribution >= 4 is 5.97 Å². The summed E-state index contributed by atoms with van der Waals surface area (Å²) in [5, 5.41) is 17.4. The van der Waals surface area contributed by atoms with Crippen LogP contribution in [0.1, 0.15) is 15.9 Å².